The molecule has 2 aromatic carbocycles. The molecule has 0 bridgehead atoms. The number of aryl methyl sites for hydroxylation is 2. The van der Waals surface area contributed by atoms with Gasteiger partial charge in [-0.25, -0.2) is 8.42 Å². The zero-order valence-electron chi connectivity index (χ0n) is 13.9. The van der Waals surface area contributed by atoms with Crippen LogP contribution in [-0.2, 0) is 10.0 Å². The lowest BCUT2D eigenvalue weighted by Crippen LogP contribution is -2.48. The Labute approximate surface area is 148 Å². The Bertz CT molecular complexity index is 844. The van der Waals surface area contributed by atoms with Crippen molar-refractivity contribution in [3.8, 4) is 0 Å². The molecule has 24 heavy (non-hydrogen) atoms. The van der Waals surface area contributed by atoms with Crippen LogP contribution in [0.4, 0.5) is 5.69 Å². The molecule has 3 rings (SSSR count). The van der Waals surface area contributed by atoms with Gasteiger partial charge in [-0.3, -0.25) is 0 Å². The first-order valence-corrected chi connectivity index (χ1v) is 9.78. The Morgan fingerprint density at radius 3 is 2.29 bits per heavy atom. The molecule has 0 aliphatic carbocycles. The lowest BCUT2D eigenvalue weighted by atomic mass is 10.2. The maximum absolute atomic E-state index is 13.0. The summed E-state index contributed by atoms with van der Waals surface area (Å²) in [6.07, 6.45) is 0. The normalized spacial score (nSPS) is 16.4. The van der Waals surface area contributed by atoms with Gasteiger partial charge in [-0.2, -0.15) is 4.31 Å². The van der Waals surface area contributed by atoms with Gasteiger partial charge in [0.15, 0.2) is 0 Å². The lowest BCUT2D eigenvalue weighted by Gasteiger charge is -2.36. The molecule has 0 amide bonds. The van der Waals surface area contributed by atoms with E-state index in [-0.39, 0.29) is 0 Å². The molecule has 1 aliphatic heterocycles. The summed E-state index contributed by atoms with van der Waals surface area (Å²) in [7, 11) is -3.46. The first-order chi connectivity index (χ1) is 11.4. The van der Waals surface area contributed by atoms with Crippen LogP contribution < -0.4 is 4.90 Å². The number of benzene rings is 2. The van der Waals surface area contributed by atoms with E-state index in [9.17, 15) is 8.42 Å². The fourth-order valence-electron chi connectivity index (χ4n) is 3.00. The molecule has 1 fully saturated rings. The number of rotatable bonds is 3. The number of nitrogens with zero attached hydrogens (tertiary/aromatic N) is 2. The smallest absolute Gasteiger partial charge is 0.243 e. The molecular formula is C18H21ClN2O2S. The third-order valence-electron chi connectivity index (χ3n) is 4.39. The molecule has 0 atom stereocenters. The number of piperazine rings is 1. The Balaban J connectivity index is 1.79. The Kier molecular flexibility index (Phi) is 4.85. The highest BCUT2D eigenvalue weighted by Gasteiger charge is 2.30. The number of hydrogen-bond acceptors (Lipinski definition) is 3. The number of halogens is 1. The van der Waals surface area contributed by atoms with E-state index in [1.54, 1.807) is 10.4 Å². The molecule has 0 N–H and O–H groups in total. The van der Waals surface area contributed by atoms with E-state index in [2.05, 4.69) is 4.90 Å². The zero-order valence-corrected chi connectivity index (χ0v) is 15.4. The van der Waals surface area contributed by atoms with Crippen molar-refractivity contribution in [3.05, 3.63) is 58.6 Å². The van der Waals surface area contributed by atoms with Crippen LogP contribution in [0.15, 0.2) is 47.4 Å². The second-order valence-electron chi connectivity index (χ2n) is 6.11. The number of para-hydroxylation sites is 1. The highest BCUT2D eigenvalue weighted by atomic mass is 35.5. The van der Waals surface area contributed by atoms with Crippen molar-refractivity contribution in [3.63, 3.8) is 0 Å². The minimum Gasteiger partial charge on any atom is -0.368 e. The van der Waals surface area contributed by atoms with E-state index in [4.69, 9.17) is 11.6 Å². The summed E-state index contributed by atoms with van der Waals surface area (Å²) in [4.78, 5) is 2.55. The van der Waals surface area contributed by atoms with Gasteiger partial charge in [0.1, 0.15) is 0 Å². The largest absolute Gasteiger partial charge is 0.368 e. The molecule has 0 saturated carbocycles. The van der Waals surface area contributed by atoms with Crippen LogP contribution in [0.1, 0.15) is 11.1 Å². The van der Waals surface area contributed by atoms with Crippen LogP contribution in [-0.4, -0.2) is 38.9 Å². The quantitative estimate of drug-likeness (QED) is 0.837. The highest BCUT2D eigenvalue weighted by molar-refractivity contribution is 7.89. The van der Waals surface area contributed by atoms with Crippen LogP contribution >= 0.6 is 11.6 Å². The summed E-state index contributed by atoms with van der Waals surface area (Å²) in [5, 5.41) is 0.698. The number of anilines is 1. The minimum absolute atomic E-state index is 0.411. The van der Waals surface area contributed by atoms with Crippen molar-refractivity contribution < 1.29 is 8.42 Å². The average Bonchev–Trinajstić information content (AvgIpc) is 2.57. The Hall–Kier alpha value is -1.56. The van der Waals surface area contributed by atoms with E-state index < -0.39 is 10.0 Å². The maximum Gasteiger partial charge on any atom is 0.243 e. The molecule has 1 saturated heterocycles. The summed E-state index contributed by atoms with van der Waals surface area (Å²) in [6.45, 7) is 5.93. The summed E-state index contributed by atoms with van der Waals surface area (Å²) < 4.78 is 27.5. The maximum atomic E-state index is 13.0. The van der Waals surface area contributed by atoms with Gasteiger partial charge in [0, 0.05) is 26.2 Å². The number of hydrogen-bond donors (Lipinski definition) is 0. The van der Waals surface area contributed by atoms with Gasteiger partial charge in [0.25, 0.3) is 0 Å². The molecule has 0 unspecified atom stereocenters. The predicted molar refractivity (Wildman–Crippen MR) is 98.3 cm³/mol. The zero-order chi connectivity index (χ0) is 17.3. The van der Waals surface area contributed by atoms with E-state index in [0.29, 0.717) is 36.1 Å². The molecule has 4 nitrogen and oxygen atoms in total. The summed E-state index contributed by atoms with van der Waals surface area (Å²) in [6, 6.07) is 13.2. The predicted octanol–water partition coefficient (Wildman–Crippen LogP) is 3.47. The topological polar surface area (TPSA) is 40.6 Å². The van der Waals surface area contributed by atoms with Gasteiger partial charge in [0.05, 0.1) is 15.6 Å². The summed E-state index contributed by atoms with van der Waals surface area (Å²) in [5.74, 6) is 0. The third kappa shape index (κ3) is 3.29. The molecule has 0 aromatic heterocycles. The van der Waals surface area contributed by atoms with Gasteiger partial charge in [-0.05, 0) is 43.2 Å². The SMILES string of the molecule is Cc1ccc(C)c(S(=O)(=O)N2CCN(c3ccccc3Cl)CC2)c1. The minimum atomic E-state index is -3.46. The Morgan fingerprint density at radius 2 is 1.62 bits per heavy atom. The van der Waals surface area contributed by atoms with E-state index in [1.165, 1.54) is 0 Å². The van der Waals surface area contributed by atoms with Crippen molar-refractivity contribution in [2.75, 3.05) is 31.1 Å². The highest BCUT2D eigenvalue weighted by Crippen LogP contribution is 2.28. The van der Waals surface area contributed by atoms with Crippen molar-refractivity contribution in [1.29, 1.82) is 0 Å². The van der Waals surface area contributed by atoms with Crippen LogP contribution in [0.3, 0.4) is 0 Å². The van der Waals surface area contributed by atoms with Crippen molar-refractivity contribution >= 4 is 27.3 Å². The fraction of sp³-hybridized carbons (Fsp3) is 0.333. The van der Waals surface area contributed by atoms with Gasteiger partial charge in [-0.1, -0.05) is 35.9 Å². The van der Waals surface area contributed by atoms with Gasteiger partial charge < -0.3 is 4.90 Å². The molecule has 1 heterocycles. The fourth-order valence-corrected chi connectivity index (χ4v) is 4.99. The number of sulfonamides is 1. The average molecular weight is 365 g/mol. The van der Waals surface area contributed by atoms with Crippen LogP contribution in [0.25, 0.3) is 0 Å². The molecular weight excluding hydrogens is 344 g/mol. The van der Waals surface area contributed by atoms with Gasteiger partial charge >= 0.3 is 0 Å². The molecule has 0 radical (unpaired) electrons. The summed E-state index contributed by atoms with van der Waals surface area (Å²) >= 11 is 6.24. The third-order valence-corrected chi connectivity index (χ3v) is 6.75. The molecule has 128 valence electrons. The second-order valence-corrected chi connectivity index (χ2v) is 8.43. The monoisotopic (exact) mass is 364 g/mol. The Morgan fingerprint density at radius 1 is 0.958 bits per heavy atom. The molecule has 0 spiro atoms. The van der Waals surface area contributed by atoms with Crippen molar-refractivity contribution in [2.24, 2.45) is 0 Å². The molecule has 6 heteroatoms. The van der Waals surface area contributed by atoms with E-state index in [1.807, 2.05) is 50.2 Å². The van der Waals surface area contributed by atoms with Gasteiger partial charge in [0.2, 0.25) is 10.0 Å². The van der Waals surface area contributed by atoms with E-state index >= 15 is 0 Å². The van der Waals surface area contributed by atoms with Crippen LogP contribution in [0.5, 0.6) is 0 Å². The van der Waals surface area contributed by atoms with Crippen LogP contribution in [0, 0.1) is 13.8 Å². The second kappa shape index (κ2) is 6.75. The van der Waals surface area contributed by atoms with Crippen molar-refractivity contribution in [2.45, 2.75) is 18.7 Å². The lowest BCUT2D eigenvalue weighted by molar-refractivity contribution is 0.384. The summed E-state index contributed by atoms with van der Waals surface area (Å²) in [5.41, 5.74) is 2.70. The van der Waals surface area contributed by atoms with Crippen LogP contribution in [0.2, 0.25) is 5.02 Å². The van der Waals surface area contributed by atoms with Crippen molar-refractivity contribution in [1.82, 2.24) is 4.31 Å². The first-order valence-electron chi connectivity index (χ1n) is 7.96. The van der Waals surface area contributed by atoms with Gasteiger partial charge in [-0.15, -0.1) is 0 Å². The molecule has 1 aliphatic rings. The molecule has 2 aromatic rings. The standard InChI is InChI=1S/C18H21ClN2O2S/c1-14-7-8-15(2)18(13-14)24(22,23)21-11-9-20(10-12-21)17-6-4-3-5-16(17)19/h3-8,13H,9-12H2,1-2H3. The first kappa shape index (κ1) is 17.3. The van der Waals surface area contributed by atoms with E-state index in [0.717, 1.165) is 16.8 Å².